The fraction of sp³-hybridized carbons (Fsp3) is 0.333. The lowest BCUT2D eigenvalue weighted by Crippen LogP contribution is -2.15. The Kier molecular flexibility index (Phi) is 5.15. The van der Waals surface area contributed by atoms with E-state index in [1.54, 1.807) is 24.3 Å². The Hall–Kier alpha value is -1.53. The van der Waals surface area contributed by atoms with Crippen LogP contribution in [0.2, 0.25) is 0 Å². The standard InChI is InChI=1S/C18H20FNO2S2/c19-17-16(20-24(21,22)14-9-5-2-6-10-14)12-11-15(18(17)23)13-7-3-1-4-8-13/h2,5-6,9-13,20,23H,1,3-4,7-8H2. The first kappa shape index (κ1) is 17.3. The van der Waals surface area contributed by atoms with Crippen molar-refractivity contribution in [2.75, 3.05) is 4.72 Å². The lowest BCUT2D eigenvalue weighted by atomic mass is 9.84. The van der Waals surface area contributed by atoms with Crippen molar-refractivity contribution in [3.8, 4) is 0 Å². The van der Waals surface area contributed by atoms with Crippen LogP contribution in [-0.2, 0) is 10.0 Å². The molecule has 2 aromatic carbocycles. The van der Waals surface area contributed by atoms with Crippen molar-refractivity contribution in [1.29, 1.82) is 0 Å². The van der Waals surface area contributed by atoms with Gasteiger partial charge in [-0.15, -0.1) is 12.6 Å². The third-order valence-electron chi connectivity index (χ3n) is 4.49. The maximum absolute atomic E-state index is 14.7. The molecule has 1 aliphatic rings. The molecule has 0 radical (unpaired) electrons. The minimum Gasteiger partial charge on any atom is -0.277 e. The first-order valence-corrected chi connectivity index (χ1v) is 10.0. The second-order valence-electron chi connectivity index (χ2n) is 6.12. The van der Waals surface area contributed by atoms with E-state index in [1.807, 2.05) is 0 Å². The van der Waals surface area contributed by atoms with E-state index in [0.29, 0.717) is 5.92 Å². The number of nitrogens with one attached hydrogen (secondary N) is 1. The highest BCUT2D eigenvalue weighted by Gasteiger charge is 2.22. The van der Waals surface area contributed by atoms with E-state index in [-0.39, 0.29) is 15.5 Å². The molecule has 0 amide bonds. The van der Waals surface area contributed by atoms with E-state index in [4.69, 9.17) is 0 Å². The van der Waals surface area contributed by atoms with Crippen molar-refractivity contribution in [3.63, 3.8) is 0 Å². The topological polar surface area (TPSA) is 46.2 Å². The van der Waals surface area contributed by atoms with Crippen LogP contribution in [0, 0.1) is 5.82 Å². The highest BCUT2D eigenvalue weighted by molar-refractivity contribution is 7.92. The minimum atomic E-state index is -3.81. The molecule has 1 fully saturated rings. The summed E-state index contributed by atoms with van der Waals surface area (Å²) in [6, 6.07) is 11.2. The average molecular weight is 365 g/mol. The molecule has 128 valence electrons. The molecule has 0 spiro atoms. The van der Waals surface area contributed by atoms with E-state index in [2.05, 4.69) is 17.4 Å². The Morgan fingerprint density at radius 1 is 1.00 bits per heavy atom. The Balaban J connectivity index is 1.88. The van der Waals surface area contributed by atoms with E-state index >= 15 is 0 Å². The van der Waals surface area contributed by atoms with Gasteiger partial charge in [-0.25, -0.2) is 12.8 Å². The molecular weight excluding hydrogens is 345 g/mol. The predicted molar refractivity (Wildman–Crippen MR) is 96.7 cm³/mol. The van der Waals surface area contributed by atoms with Crippen LogP contribution in [0.1, 0.15) is 43.6 Å². The quantitative estimate of drug-likeness (QED) is 0.752. The molecule has 1 aliphatic carbocycles. The second-order valence-corrected chi connectivity index (χ2v) is 8.25. The number of rotatable bonds is 4. The van der Waals surface area contributed by atoms with Crippen molar-refractivity contribution in [1.82, 2.24) is 0 Å². The number of anilines is 1. The summed E-state index contributed by atoms with van der Waals surface area (Å²) in [4.78, 5) is 0.344. The number of sulfonamides is 1. The van der Waals surface area contributed by atoms with Gasteiger partial charge in [0.1, 0.15) is 0 Å². The Morgan fingerprint density at radius 2 is 1.67 bits per heavy atom. The lowest BCUT2D eigenvalue weighted by molar-refractivity contribution is 0.436. The largest absolute Gasteiger partial charge is 0.277 e. The second kappa shape index (κ2) is 7.15. The molecular formula is C18H20FNO2S2. The van der Waals surface area contributed by atoms with Crippen molar-refractivity contribution in [2.45, 2.75) is 47.8 Å². The van der Waals surface area contributed by atoms with Crippen molar-refractivity contribution >= 4 is 28.3 Å². The average Bonchev–Trinajstić information content (AvgIpc) is 2.61. The van der Waals surface area contributed by atoms with Gasteiger partial charge in [0.05, 0.1) is 10.6 Å². The van der Waals surface area contributed by atoms with Crippen LogP contribution >= 0.6 is 12.6 Å². The van der Waals surface area contributed by atoms with Crippen LogP contribution in [0.15, 0.2) is 52.3 Å². The van der Waals surface area contributed by atoms with Crippen molar-refractivity contribution in [2.24, 2.45) is 0 Å². The van der Waals surface area contributed by atoms with Gasteiger partial charge in [-0.2, -0.15) is 0 Å². The summed E-state index contributed by atoms with van der Waals surface area (Å²) in [6.45, 7) is 0. The third kappa shape index (κ3) is 3.59. The van der Waals surface area contributed by atoms with Crippen LogP contribution < -0.4 is 4.72 Å². The lowest BCUT2D eigenvalue weighted by Gasteiger charge is -2.24. The molecule has 0 heterocycles. The van der Waals surface area contributed by atoms with Crippen LogP contribution in [-0.4, -0.2) is 8.42 Å². The zero-order valence-electron chi connectivity index (χ0n) is 13.2. The maximum atomic E-state index is 14.7. The predicted octanol–water partition coefficient (Wildman–Crippen LogP) is 4.96. The van der Waals surface area contributed by atoms with Crippen LogP contribution in [0.5, 0.6) is 0 Å². The van der Waals surface area contributed by atoms with Crippen LogP contribution in [0.4, 0.5) is 10.1 Å². The number of thiol groups is 1. The molecule has 0 aromatic heterocycles. The highest BCUT2D eigenvalue weighted by atomic mass is 32.2. The molecule has 24 heavy (non-hydrogen) atoms. The Morgan fingerprint density at radius 3 is 2.33 bits per heavy atom. The van der Waals surface area contributed by atoms with Gasteiger partial charge in [0.25, 0.3) is 10.0 Å². The van der Waals surface area contributed by atoms with Gasteiger partial charge in [0.2, 0.25) is 0 Å². The SMILES string of the molecule is O=S(=O)(Nc1ccc(C2CCCCC2)c(S)c1F)c1ccccc1. The maximum Gasteiger partial charge on any atom is 0.261 e. The van der Waals surface area contributed by atoms with Crippen LogP contribution in [0.25, 0.3) is 0 Å². The number of hydrogen-bond acceptors (Lipinski definition) is 3. The fourth-order valence-electron chi connectivity index (χ4n) is 3.20. The first-order chi connectivity index (χ1) is 11.5. The van der Waals surface area contributed by atoms with Gasteiger partial charge in [-0.3, -0.25) is 4.72 Å². The summed E-state index contributed by atoms with van der Waals surface area (Å²) >= 11 is 4.32. The van der Waals surface area contributed by atoms with Gasteiger partial charge >= 0.3 is 0 Å². The van der Waals surface area contributed by atoms with Crippen molar-refractivity contribution < 1.29 is 12.8 Å². The zero-order chi connectivity index (χ0) is 17.2. The minimum absolute atomic E-state index is 0.0663. The van der Waals surface area contributed by atoms with E-state index in [9.17, 15) is 12.8 Å². The number of halogens is 1. The van der Waals surface area contributed by atoms with Crippen molar-refractivity contribution in [3.05, 3.63) is 53.8 Å². The molecule has 0 bridgehead atoms. The van der Waals surface area contributed by atoms with Gasteiger partial charge in [0, 0.05) is 4.90 Å². The van der Waals surface area contributed by atoms with E-state index in [0.717, 1.165) is 31.2 Å². The molecule has 3 rings (SSSR count). The number of hydrogen-bond donors (Lipinski definition) is 2. The normalized spacial score (nSPS) is 16.1. The molecule has 0 unspecified atom stereocenters. The zero-order valence-corrected chi connectivity index (χ0v) is 14.9. The molecule has 0 atom stereocenters. The summed E-state index contributed by atoms with van der Waals surface area (Å²) in [5, 5.41) is 0. The van der Waals surface area contributed by atoms with Gasteiger partial charge in [-0.1, -0.05) is 43.5 Å². The van der Waals surface area contributed by atoms with Gasteiger partial charge < -0.3 is 0 Å². The molecule has 1 saturated carbocycles. The molecule has 2 aromatic rings. The molecule has 1 N–H and O–H groups in total. The van der Waals surface area contributed by atoms with Crippen LogP contribution in [0.3, 0.4) is 0 Å². The fourth-order valence-corrected chi connectivity index (χ4v) is 4.66. The molecule has 6 heteroatoms. The van der Waals surface area contributed by atoms with E-state index < -0.39 is 15.8 Å². The Bertz CT molecular complexity index is 816. The molecule has 3 nitrogen and oxygen atoms in total. The number of benzene rings is 2. The summed E-state index contributed by atoms with van der Waals surface area (Å²) in [5.41, 5.74) is 0.807. The summed E-state index contributed by atoms with van der Waals surface area (Å²) < 4.78 is 41.7. The van der Waals surface area contributed by atoms with Gasteiger partial charge in [-0.05, 0) is 42.5 Å². The first-order valence-electron chi connectivity index (χ1n) is 8.08. The van der Waals surface area contributed by atoms with E-state index in [1.165, 1.54) is 24.6 Å². The van der Waals surface area contributed by atoms with Gasteiger partial charge in [0.15, 0.2) is 5.82 Å². The highest BCUT2D eigenvalue weighted by Crippen LogP contribution is 2.38. The monoisotopic (exact) mass is 365 g/mol. The summed E-state index contributed by atoms with van der Waals surface area (Å²) in [7, 11) is -3.81. The third-order valence-corrected chi connectivity index (χ3v) is 6.33. The summed E-state index contributed by atoms with van der Waals surface area (Å²) in [5.74, 6) is -0.304. The molecule has 0 aliphatic heterocycles. The Labute approximate surface area is 147 Å². The summed E-state index contributed by atoms with van der Waals surface area (Å²) in [6.07, 6.45) is 5.56. The smallest absolute Gasteiger partial charge is 0.261 e. The molecule has 0 saturated heterocycles.